The van der Waals surface area contributed by atoms with E-state index in [0.717, 1.165) is 6.07 Å². The Morgan fingerprint density at radius 2 is 2.20 bits per heavy atom. The van der Waals surface area contributed by atoms with Crippen molar-refractivity contribution in [3.63, 3.8) is 0 Å². The van der Waals surface area contributed by atoms with Crippen LogP contribution < -0.4 is 5.32 Å². The highest BCUT2D eigenvalue weighted by molar-refractivity contribution is 6.30. The van der Waals surface area contributed by atoms with Gasteiger partial charge in [0, 0.05) is 13.5 Å². The minimum absolute atomic E-state index is 0.0615. The van der Waals surface area contributed by atoms with Crippen LogP contribution in [0.3, 0.4) is 0 Å². The van der Waals surface area contributed by atoms with E-state index in [1.807, 2.05) is 0 Å². The predicted molar refractivity (Wildman–Crippen MR) is 71.0 cm³/mol. The number of rotatable bonds is 7. The van der Waals surface area contributed by atoms with E-state index in [0.29, 0.717) is 5.56 Å². The van der Waals surface area contributed by atoms with E-state index < -0.39 is 17.8 Å². The molecule has 1 aromatic rings. The third-order valence-corrected chi connectivity index (χ3v) is 2.90. The largest absolute Gasteiger partial charge is 0.481 e. The predicted octanol–water partition coefficient (Wildman–Crippen LogP) is 2.15. The van der Waals surface area contributed by atoms with Crippen molar-refractivity contribution >= 4 is 23.5 Å². The molecular weight excluding hydrogens is 289 g/mol. The Hall–Kier alpha value is -1.66. The molecule has 1 atom stereocenters. The highest BCUT2D eigenvalue weighted by Crippen LogP contribution is 2.22. The maximum absolute atomic E-state index is 13.4. The Morgan fingerprint density at radius 1 is 1.50 bits per heavy atom. The maximum Gasteiger partial charge on any atom is 0.305 e. The summed E-state index contributed by atoms with van der Waals surface area (Å²) in [6, 6.07) is 3.11. The average molecular weight is 304 g/mol. The second-order valence-electron chi connectivity index (χ2n) is 4.13. The number of benzene rings is 1. The van der Waals surface area contributed by atoms with Crippen LogP contribution in [0.5, 0.6) is 0 Å². The van der Waals surface area contributed by atoms with Crippen molar-refractivity contribution in [1.29, 1.82) is 0 Å². The zero-order valence-corrected chi connectivity index (χ0v) is 11.6. The first-order chi connectivity index (χ1) is 9.43. The van der Waals surface area contributed by atoms with Gasteiger partial charge >= 0.3 is 5.97 Å². The molecule has 0 radical (unpaired) electrons. The Labute approximate surface area is 120 Å². The van der Waals surface area contributed by atoms with Crippen LogP contribution in [0.1, 0.15) is 24.4 Å². The van der Waals surface area contributed by atoms with E-state index in [4.69, 9.17) is 21.4 Å². The van der Waals surface area contributed by atoms with Crippen LogP contribution in [0.4, 0.5) is 4.39 Å². The minimum Gasteiger partial charge on any atom is -0.481 e. The Kier molecular flexibility index (Phi) is 6.41. The van der Waals surface area contributed by atoms with Gasteiger partial charge in [-0.15, -0.1) is 0 Å². The van der Waals surface area contributed by atoms with Gasteiger partial charge in [-0.25, -0.2) is 4.39 Å². The number of carboxylic acid groups (broad SMARTS) is 1. The summed E-state index contributed by atoms with van der Waals surface area (Å²) >= 11 is 5.57. The first kappa shape index (κ1) is 16.4. The Morgan fingerprint density at radius 3 is 2.75 bits per heavy atom. The molecule has 7 heteroatoms. The van der Waals surface area contributed by atoms with Crippen LogP contribution in [0.2, 0.25) is 5.02 Å². The third-order valence-electron chi connectivity index (χ3n) is 2.59. The first-order valence-corrected chi connectivity index (χ1v) is 6.27. The van der Waals surface area contributed by atoms with Crippen molar-refractivity contribution in [1.82, 2.24) is 5.32 Å². The number of methoxy groups -OCH3 is 1. The van der Waals surface area contributed by atoms with Crippen LogP contribution in [0.25, 0.3) is 0 Å². The summed E-state index contributed by atoms with van der Waals surface area (Å²) in [5, 5.41) is 11.3. The molecule has 5 nitrogen and oxygen atoms in total. The number of amides is 1. The lowest BCUT2D eigenvalue weighted by Gasteiger charge is -2.17. The molecule has 0 saturated carbocycles. The number of halogens is 2. The molecule has 1 aromatic carbocycles. The standard InChI is InChI=1S/C13H15ClFNO4/c1-20-5-4-12(17)16-11(7-13(18)19)8-2-3-9(14)10(15)6-8/h2-3,6,11H,4-5,7H2,1H3,(H,16,17)(H,18,19). The van der Waals surface area contributed by atoms with Crippen molar-refractivity contribution in [2.75, 3.05) is 13.7 Å². The molecule has 0 aliphatic heterocycles. The number of carbonyl (C=O) groups is 2. The number of hydrogen-bond acceptors (Lipinski definition) is 3. The fraction of sp³-hybridized carbons (Fsp3) is 0.385. The van der Waals surface area contributed by atoms with Crippen molar-refractivity contribution in [3.05, 3.63) is 34.6 Å². The van der Waals surface area contributed by atoms with Gasteiger partial charge in [0.2, 0.25) is 5.91 Å². The summed E-state index contributed by atoms with van der Waals surface area (Å²) in [6.45, 7) is 0.223. The molecule has 0 bridgehead atoms. The van der Waals surface area contributed by atoms with Gasteiger partial charge in [-0.3, -0.25) is 9.59 Å². The number of hydrogen-bond donors (Lipinski definition) is 2. The third kappa shape index (κ3) is 5.14. The molecule has 1 amide bonds. The average Bonchev–Trinajstić information content (AvgIpc) is 2.38. The molecule has 0 aliphatic rings. The molecule has 110 valence electrons. The molecule has 1 rings (SSSR count). The maximum atomic E-state index is 13.4. The second-order valence-corrected chi connectivity index (χ2v) is 4.54. The van der Waals surface area contributed by atoms with Gasteiger partial charge in [0.15, 0.2) is 0 Å². The fourth-order valence-corrected chi connectivity index (χ4v) is 1.73. The second kappa shape index (κ2) is 7.81. The number of ether oxygens (including phenoxy) is 1. The van der Waals surface area contributed by atoms with Gasteiger partial charge in [0.05, 0.1) is 24.1 Å². The molecule has 0 spiro atoms. The van der Waals surface area contributed by atoms with Crippen LogP contribution >= 0.6 is 11.6 Å². The SMILES string of the molecule is COCCC(=O)NC(CC(=O)O)c1ccc(Cl)c(F)c1. The lowest BCUT2D eigenvalue weighted by molar-refractivity contribution is -0.137. The molecule has 0 saturated heterocycles. The molecule has 0 fully saturated rings. The molecule has 20 heavy (non-hydrogen) atoms. The molecule has 0 heterocycles. The first-order valence-electron chi connectivity index (χ1n) is 5.89. The smallest absolute Gasteiger partial charge is 0.305 e. The van der Waals surface area contributed by atoms with Gasteiger partial charge in [0.1, 0.15) is 5.82 Å². The van der Waals surface area contributed by atoms with Crippen LogP contribution in [-0.2, 0) is 14.3 Å². The van der Waals surface area contributed by atoms with Crippen LogP contribution in [0.15, 0.2) is 18.2 Å². The number of carbonyl (C=O) groups excluding carboxylic acids is 1. The lowest BCUT2D eigenvalue weighted by Crippen LogP contribution is -2.30. The Balaban J connectivity index is 2.85. The summed E-state index contributed by atoms with van der Waals surface area (Å²) in [5.74, 6) is -2.13. The lowest BCUT2D eigenvalue weighted by atomic mass is 10.0. The summed E-state index contributed by atoms with van der Waals surface area (Å²) in [5.41, 5.74) is 0.347. The Bertz CT molecular complexity index is 495. The van der Waals surface area contributed by atoms with Crippen molar-refractivity contribution < 1.29 is 23.8 Å². The monoisotopic (exact) mass is 303 g/mol. The van der Waals surface area contributed by atoms with E-state index in [-0.39, 0.29) is 30.4 Å². The van der Waals surface area contributed by atoms with Gasteiger partial charge < -0.3 is 15.2 Å². The van der Waals surface area contributed by atoms with Crippen molar-refractivity contribution in [2.24, 2.45) is 0 Å². The van der Waals surface area contributed by atoms with Gasteiger partial charge in [0.25, 0.3) is 0 Å². The highest BCUT2D eigenvalue weighted by Gasteiger charge is 2.19. The van der Waals surface area contributed by atoms with Gasteiger partial charge in [-0.05, 0) is 17.7 Å². The van der Waals surface area contributed by atoms with E-state index in [1.54, 1.807) is 0 Å². The number of nitrogens with one attached hydrogen (secondary N) is 1. The number of aliphatic carboxylic acids is 1. The van der Waals surface area contributed by atoms with E-state index >= 15 is 0 Å². The van der Waals surface area contributed by atoms with Crippen LogP contribution in [0, 0.1) is 5.82 Å². The molecule has 2 N–H and O–H groups in total. The van der Waals surface area contributed by atoms with Crippen molar-refractivity contribution in [3.8, 4) is 0 Å². The minimum atomic E-state index is -1.10. The quantitative estimate of drug-likeness (QED) is 0.809. The van der Waals surface area contributed by atoms with Gasteiger partial charge in [-0.2, -0.15) is 0 Å². The topological polar surface area (TPSA) is 75.6 Å². The molecule has 1 unspecified atom stereocenters. The molecule has 0 aliphatic carbocycles. The zero-order chi connectivity index (χ0) is 15.1. The molecular formula is C13H15ClFNO4. The van der Waals surface area contributed by atoms with E-state index in [1.165, 1.54) is 19.2 Å². The summed E-state index contributed by atoms with van der Waals surface area (Å²) in [6.07, 6.45) is -0.248. The fourth-order valence-electron chi connectivity index (χ4n) is 1.62. The summed E-state index contributed by atoms with van der Waals surface area (Å²) < 4.78 is 18.2. The van der Waals surface area contributed by atoms with E-state index in [2.05, 4.69) is 5.32 Å². The van der Waals surface area contributed by atoms with Crippen molar-refractivity contribution in [2.45, 2.75) is 18.9 Å². The summed E-state index contributed by atoms with van der Waals surface area (Å²) in [4.78, 5) is 22.4. The van der Waals surface area contributed by atoms with E-state index in [9.17, 15) is 14.0 Å². The van der Waals surface area contributed by atoms with Gasteiger partial charge in [-0.1, -0.05) is 17.7 Å². The number of carboxylic acids is 1. The highest BCUT2D eigenvalue weighted by atomic mass is 35.5. The molecule has 0 aromatic heterocycles. The summed E-state index contributed by atoms with van der Waals surface area (Å²) in [7, 11) is 1.45. The zero-order valence-electron chi connectivity index (χ0n) is 10.9. The normalized spacial score (nSPS) is 11.9. The van der Waals surface area contributed by atoms with Crippen LogP contribution in [-0.4, -0.2) is 30.7 Å².